The Kier molecular flexibility index (Phi) is 7.37. The number of hydrogen-bond donors (Lipinski definition) is 4. The molecule has 158 valence electrons. The summed E-state index contributed by atoms with van der Waals surface area (Å²) in [7, 11) is 0. The van der Waals surface area contributed by atoms with Crippen LogP contribution in [0.25, 0.3) is 10.8 Å². The number of rotatable bonds is 9. The summed E-state index contributed by atoms with van der Waals surface area (Å²) in [5.74, 6) is -0.204. The van der Waals surface area contributed by atoms with E-state index in [0.29, 0.717) is 5.75 Å². The minimum absolute atomic E-state index is 0.261. The number of aliphatic hydroxyl groups excluding tert-OH is 4. The lowest BCUT2D eigenvalue weighted by atomic mass is 10.0. The summed E-state index contributed by atoms with van der Waals surface area (Å²) in [6.07, 6.45) is -6.32. The molecule has 0 saturated heterocycles. The maximum absolute atomic E-state index is 12.5. The molecule has 7 nitrogen and oxygen atoms in total. The van der Waals surface area contributed by atoms with Gasteiger partial charge in [-0.3, -0.25) is 0 Å². The van der Waals surface area contributed by atoms with Crippen LogP contribution >= 0.6 is 0 Å². The number of fused-ring (bicyclic) bond motifs is 1. The second-order valence-electron chi connectivity index (χ2n) is 6.83. The maximum atomic E-state index is 12.5. The number of benzene rings is 3. The van der Waals surface area contributed by atoms with E-state index in [9.17, 15) is 20.1 Å². The number of hydrogen-bond acceptors (Lipinski definition) is 7. The molecule has 0 aliphatic rings. The van der Waals surface area contributed by atoms with Crippen LogP contribution < -0.4 is 4.74 Å². The molecule has 3 rings (SSSR count). The molecule has 0 unspecified atom stereocenters. The first-order valence-electron chi connectivity index (χ1n) is 9.53. The zero-order valence-electron chi connectivity index (χ0n) is 16.2. The molecule has 0 aliphatic carbocycles. The van der Waals surface area contributed by atoms with Gasteiger partial charge in [-0.25, -0.2) is 4.79 Å². The number of carbonyl (C=O) groups is 1. The lowest BCUT2D eigenvalue weighted by Crippen LogP contribution is -2.49. The predicted molar refractivity (Wildman–Crippen MR) is 110 cm³/mol. The lowest BCUT2D eigenvalue weighted by molar-refractivity contribution is -0.124. The standard InChI is InChI=1S/C23H24O7/c24-13-18(25)21(26)22(27)20(30-23(28)16-8-2-1-3-9-16)14-29-19-12-6-10-15-7-4-5-11-17(15)19/h1-12,18,20-22,24-27H,13-14H2/t18-,20+,21+,22+/m0/s1. The summed E-state index contributed by atoms with van der Waals surface area (Å²) in [5, 5.41) is 41.1. The molecule has 0 bridgehead atoms. The summed E-state index contributed by atoms with van der Waals surface area (Å²) < 4.78 is 11.2. The highest BCUT2D eigenvalue weighted by Crippen LogP contribution is 2.26. The fourth-order valence-electron chi connectivity index (χ4n) is 3.03. The number of ether oxygens (including phenoxy) is 2. The van der Waals surface area contributed by atoms with Gasteiger partial charge < -0.3 is 29.9 Å². The van der Waals surface area contributed by atoms with Crippen molar-refractivity contribution in [3.05, 3.63) is 78.4 Å². The number of aliphatic hydroxyl groups is 4. The molecule has 0 fully saturated rings. The average molecular weight is 412 g/mol. The Labute approximate surface area is 173 Å². The van der Waals surface area contributed by atoms with Gasteiger partial charge in [0.05, 0.1) is 12.2 Å². The zero-order chi connectivity index (χ0) is 21.5. The minimum atomic E-state index is -1.74. The van der Waals surface area contributed by atoms with E-state index in [0.717, 1.165) is 10.8 Å². The fraction of sp³-hybridized carbons (Fsp3) is 0.261. The third-order valence-electron chi connectivity index (χ3n) is 4.73. The number of esters is 1. The van der Waals surface area contributed by atoms with E-state index in [4.69, 9.17) is 14.6 Å². The molecule has 30 heavy (non-hydrogen) atoms. The Hall–Kier alpha value is -2.97. The summed E-state index contributed by atoms with van der Waals surface area (Å²) >= 11 is 0. The third kappa shape index (κ3) is 5.14. The van der Waals surface area contributed by atoms with Crippen molar-refractivity contribution in [2.24, 2.45) is 0 Å². The molecular formula is C23H24O7. The van der Waals surface area contributed by atoms with Gasteiger partial charge in [0.15, 0.2) is 6.10 Å². The van der Waals surface area contributed by atoms with Gasteiger partial charge >= 0.3 is 5.97 Å². The van der Waals surface area contributed by atoms with E-state index in [1.807, 2.05) is 36.4 Å². The Morgan fingerprint density at radius 2 is 1.50 bits per heavy atom. The Morgan fingerprint density at radius 3 is 2.23 bits per heavy atom. The monoisotopic (exact) mass is 412 g/mol. The first-order valence-corrected chi connectivity index (χ1v) is 9.53. The van der Waals surface area contributed by atoms with Gasteiger partial charge in [-0.1, -0.05) is 54.6 Å². The molecule has 0 heterocycles. The molecule has 3 aromatic carbocycles. The largest absolute Gasteiger partial charge is 0.489 e. The molecule has 7 heteroatoms. The van der Waals surface area contributed by atoms with Crippen LogP contribution in [-0.4, -0.2) is 64.0 Å². The molecule has 4 N–H and O–H groups in total. The zero-order valence-corrected chi connectivity index (χ0v) is 16.2. The van der Waals surface area contributed by atoms with Crippen LogP contribution in [0.4, 0.5) is 0 Å². The van der Waals surface area contributed by atoms with E-state index < -0.39 is 37.0 Å². The minimum Gasteiger partial charge on any atom is -0.489 e. The van der Waals surface area contributed by atoms with Crippen LogP contribution in [0.15, 0.2) is 72.8 Å². The van der Waals surface area contributed by atoms with Gasteiger partial charge in [0.2, 0.25) is 0 Å². The van der Waals surface area contributed by atoms with E-state index in [2.05, 4.69) is 0 Å². The summed E-state index contributed by atoms with van der Waals surface area (Å²) in [6.45, 7) is -1.04. The van der Waals surface area contributed by atoms with Crippen LogP contribution in [0.5, 0.6) is 5.75 Å². The first kappa shape index (κ1) is 21.7. The van der Waals surface area contributed by atoms with Gasteiger partial charge in [-0.2, -0.15) is 0 Å². The van der Waals surface area contributed by atoms with Crippen molar-refractivity contribution in [1.82, 2.24) is 0 Å². The maximum Gasteiger partial charge on any atom is 0.338 e. The molecule has 0 amide bonds. The molecule has 0 radical (unpaired) electrons. The van der Waals surface area contributed by atoms with Gasteiger partial charge in [0, 0.05) is 5.39 Å². The van der Waals surface area contributed by atoms with Crippen LogP contribution in [0.1, 0.15) is 10.4 Å². The van der Waals surface area contributed by atoms with Gasteiger partial charge in [0.1, 0.15) is 30.7 Å². The second kappa shape index (κ2) is 10.2. The van der Waals surface area contributed by atoms with E-state index in [1.54, 1.807) is 36.4 Å². The van der Waals surface area contributed by atoms with Crippen LogP contribution in [-0.2, 0) is 4.74 Å². The molecular weight excluding hydrogens is 388 g/mol. The summed E-state index contributed by atoms with van der Waals surface area (Å²) in [6, 6.07) is 21.2. The summed E-state index contributed by atoms with van der Waals surface area (Å²) in [4.78, 5) is 12.5. The van der Waals surface area contributed by atoms with E-state index in [-0.39, 0.29) is 12.2 Å². The molecule has 0 spiro atoms. The van der Waals surface area contributed by atoms with Crippen molar-refractivity contribution in [2.45, 2.75) is 24.4 Å². The number of carbonyl (C=O) groups excluding carboxylic acids is 1. The van der Waals surface area contributed by atoms with Gasteiger partial charge in [-0.05, 0) is 23.6 Å². The molecule has 0 aromatic heterocycles. The van der Waals surface area contributed by atoms with Crippen LogP contribution in [0, 0.1) is 0 Å². The average Bonchev–Trinajstić information content (AvgIpc) is 2.80. The van der Waals surface area contributed by atoms with Crippen molar-refractivity contribution < 1.29 is 34.7 Å². The molecule has 0 saturated carbocycles. The molecule has 0 aliphatic heterocycles. The van der Waals surface area contributed by atoms with Crippen LogP contribution in [0.2, 0.25) is 0 Å². The second-order valence-corrected chi connectivity index (χ2v) is 6.83. The van der Waals surface area contributed by atoms with E-state index in [1.165, 1.54) is 0 Å². The highest BCUT2D eigenvalue weighted by molar-refractivity contribution is 5.89. The van der Waals surface area contributed by atoms with Gasteiger partial charge in [-0.15, -0.1) is 0 Å². The van der Waals surface area contributed by atoms with Crippen LogP contribution in [0.3, 0.4) is 0 Å². The van der Waals surface area contributed by atoms with Crippen molar-refractivity contribution in [3.63, 3.8) is 0 Å². The predicted octanol–water partition coefficient (Wildman–Crippen LogP) is 1.52. The first-order chi connectivity index (χ1) is 14.5. The highest BCUT2D eigenvalue weighted by atomic mass is 16.6. The third-order valence-corrected chi connectivity index (χ3v) is 4.73. The lowest BCUT2D eigenvalue weighted by Gasteiger charge is -2.28. The van der Waals surface area contributed by atoms with Crippen molar-refractivity contribution >= 4 is 16.7 Å². The Morgan fingerprint density at radius 1 is 0.833 bits per heavy atom. The van der Waals surface area contributed by atoms with Crippen molar-refractivity contribution in [3.8, 4) is 5.75 Å². The van der Waals surface area contributed by atoms with E-state index >= 15 is 0 Å². The summed E-state index contributed by atoms with van der Waals surface area (Å²) in [5.41, 5.74) is 0.261. The van der Waals surface area contributed by atoms with Gasteiger partial charge in [0.25, 0.3) is 0 Å². The van der Waals surface area contributed by atoms with Crippen molar-refractivity contribution in [1.29, 1.82) is 0 Å². The highest BCUT2D eigenvalue weighted by Gasteiger charge is 2.34. The Balaban J connectivity index is 1.80. The Bertz CT molecular complexity index is 955. The quantitative estimate of drug-likeness (QED) is 0.394. The fourth-order valence-corrected chi connectivity index (χ4v) is 3.03. The van der Waals surface area contributed by atoms with Crippen molar-refractivity contribution in [2.75, 3.05) is 13.2 Å². The molecule has 3 aromatic rings. The smallest absolute Gasteiger partial charge is 0.338 e. The SMILES string of the molecule is O=C(O[C@H](COc1cccc2ccccc12)[C@@H](O)[C@H](O)[C@@H](O)CO)c1ccccc1. The topological polar surface area (TPSA) is 116 Å². The normalized spacial score (nSPS) is 15.2. The molecule has 4 atom stereocenters.